The predicted molar refractivity (Wildman–Crippen MR) is 129 cm³/mol. The number of unbranched alkanes of at least 4 members (excludes halogenated alkanes) is 2. The summed E-state index contributed by atoms with van der Waals surface area (Å²) in [6, 6.07) is 1.96. The maximum absolute atomic E-state index is 13.2. The van der Waals surface area contributed by atoms with Crippen LogP contribution in [0.2, 0.25) is 0 Å². The molecule has 2 amide bonds. The molecule has 1 heterocycles. The molecule has 6 heteroatoms. The van der Waals surface area contributed by atoms with Gasteiger partial charge in [0.25, 0.3) is 0 Å². The summed E-state index contributed by atoms with van der Waals surface area (Å²) in [7, 11) is 0. The molecule has 1 N–H and O–H groups in total. The van der Waals surface area contributed by atoms with E-state index >= 15 is 0 Å². The van der Waals surface area contributed by atoms with Crippen molar-refractivity contribution in [3.63, 3.8) is 0 Å². The van der Waals surface area contributed by atoms with Crippen molar-refractivity contribution in [1.29, 1.82) is 0 Å². The quantitative estimate of drug-likeness (QED) is 0.484. The van der Waals surface area contributed by atoms with Crippen LogP contribution in [-0.4, -0.2) is 39.6 Å². The summed E-state index contributed by atoms with van der Waals surface area (Å²) in [6.07, 6.45) is 5.71. The number of hydrogen-bond acceptors (Lipinski definition) is 3. The van der Waals surface area contributed by atoms with Gasteiger partial charge in [-0.15, -0.1) is 0 Å². The van der Waals surface area contributed by atoms with Gasteiger partial charge in [0, 0.05) is 23.9 Å². The van der Waals surface area contributed by atoms with E-state index in [-0.39, 0.29) is 35.2 Å². The summed E-state index contributed by atoms with van der Waals surface area (Å²) < 4.78 is 1.87. The Bertz CT molecular complexity index is 710. The minimum absolute atomic E-state index is 0.00259. The Morgan fingerprint density at radius 2 is 1.68 bits per heavy atom. The maximum Gasteiger partial charge on any atom is 0.245 e. The van der Waals surface area contributed by atoms with E-state index in [4.69, 9.17) is 5.10 Å². The molecule has 0 saturated carbocycles. The summed E-state index contributed by atoms with van der Waals surface area (Å²) in [5.74, 6) is 0.625. The van der Waals surface area contributed by atoms with Crippen molar-refractivity contribution in [3.8, 4) is 0 Å². The minimum atomic E-state index is -0.267. The van der Waals surface area contributed by atoms with Gasteiger partial charge < -0.3 is 10.2 Å². The van der Waals surface area contributed by atoms with Gasteiger partial charge >= 0.3 is 0 Å². The van der Waals surface area contributed by atoms with Gasteiger partial charge in [0.05, 0.1) is 17.8 Å². The predicted octanol–water partition coefficient (Wildman–Crippen LogP) is 5.72. The first-order valence-electron chi connectivity index (χ1n) is 12.0. The number of anilines is 1. The average Bonchev–Trinajstić information content (AvgIpc) is 3.10. The van der Waals surface area contributed by atoms with Crippen LogP contribution in [0, 0.1) is 5.92 Å². The number of hydrogen-bond donors (Lipinski definition) is 1. The fourth-order valence-electron chi connectivity index (χ4n) is 3.53. The van der Waals surface area contributed by atoms with E-state index in [2.05, 4.69) is 67.6 Å². The molecule has 1 aromatic rings. The van der Waals surface area contributed by atoms with Crippen LogP contribution in [0.5, 0.6) is 0 Å². The molecule has 0 bridgehead atoms. The SMILES string of the molecule is CCCCC(CC)C(=O)N(CCCC)CC(=O)Nc1cc(C(C)(C)C)nn1C(C)(C)C. The molecule has 1 unspecified atom stereocenters. The summed E-state index contributed by atoms with van der Waals surface area (Å²) in [5.41, 5.74) is 0.548. The second kappa shape index (κ2) is 11.7. The Balaban J connectivity index is 3.04. The normalized spacial score (nSPS) is 13.2. The Labute approximate surface area is 190 Å². The first-order chi connectivity index (χ1) is 14.3. The molecule has 0 aliphatic rings. The highest BCUT2D eigenvalue weighted by molar-refractivity contribution is 5.94. The third-order valence-electron chi connectivity index (χ3n) is 5.56. The summed E-state index contributed by atoms with van der Waals surface area (Å²) in [4.78, 5) is 27.9. The highest BCUT2D eigenvalue weighted by Gasteiger charge is 2.28. The van der Waals surface area contributed by atoms with E-state index in [0.717, 1.165) is 44.2 Å². The molecule has 0 spiro atoms. The lowest BCUT2D eigenvalue weighted by atomic mass is 9.92. The molecule has 178 valence electrons. The first-order valence-corrected chi connectivity index (χ1v) is 12.0. The maximum atomic E-state index is 13.2. The van der Waals surface area contributed by atoms with Gasteiger partial charge in [0.15, 0.2) is 0 Å². The molecule has 31 heavy (non-hydrogen) atoms. The molecule has 0 saturated heterocycles. The monoisotopic (exact) mass is 434 g/mol. The van der Waals surface area contributed by atoms with Crippen molar-refractivity contribution < 1.29 is 9.59 Å². The summed E-state index contributed by atoms with van der Waals surface area (Å²) in [6.45, 7) is 19.6. The van der Waals surface area contributed by atoms with Crippen LogP contribution in [-0.2, 0) is 20.5 Å². The molecular weight excluding hydrogens is 388 g/mol. The van der Waals surface area contributed by atoms with Gasteiger partial charge in [-0.3, -0.25) is 9.59 Å². The number of nitrogens with one attached hydrogen (secondary N) is 1. The van der Waals surface area contributed by atoms with Crippen LogP contribution in [0.15, 0.2) is 6.07 Å². The fraction of sp³-hybridized carbons (Fsp3) is 0.800. The summed E-state index contributed by atoms with van der Waals surface area (Å²) in [5, 5.41) is 7.81. The Hall–Kier alpha value is -1.85. The van der Waals surface area contributed by atoms with E-state index in [0.29, 0.717) is 12.4 Å². The van der Waals surface area contributed by atoms with Gasteiger partial charge in [0.2, 0.25) is 11.8 Å². The van der Waals surface area contributed by atoms with E-state index in [1.165, 1.54) is 0 Å². The van der Waals surface area contributed by atoms with E-state index in [1.807, 2.05) is 10.7 Å². The van der Waals surface area contributed by atoms with E-state index in [9.17, 15) is 9.59 Å². The third-order valence-corrected chi connectivity index (χ3v) is 5.56. The Morgan fingerprint density at radius 3 is 2.16 bits per heavy atom. The smallest absolute Gasteiger partial charge is 0.245 e. The highest BCUT2D eigenvalue weighted by atomic mass is 16.2. The zero-order valence-electron chi connectivity index (χ0n) is 21.5. The number of nitrogens with zero attached hydrogens (tertiary/aromatic N) is 3. The number of aromatic nitrogens is 2. The number of amides is 2. The van der Waals surface area contributed by atoms with Crippen molar-refractivity contribution in [2.24, 2.45) is 5.92 Å². The zero-order valence-corrected chi connectivity index (χ0v) is 21.5. The molecule has 0 radical (unpaired) electrons. The number of carbonyl (C=O) groups is 2. The van der Waals surface area contributed by atoms with Crippen LogP contribution in [0.1, 0.15) is 107 Å². The molecule has 0 aliphatic carbocycles. The van der Waals surface area contributed by atoms with Crippen molar-refractivity contribution in [2.45, 2.75) is 112 Å². The fourth-order valence-corrected chi connectivity index (χ4v) is 3.53. The molecule has 1 atom stereocenters. The van der Waals surface area contributed by atoms with E-state index < -0.39 is 0 Å². The van der Waals surface area contributed by atoms with Crippen LogP contribution in [0.25, 0.3) is 0 Å². The zero-order chi connectivity index (χ0) is 23.8. The molecule has 1 rings (SSSR count). The molecule has 0 aromatic carbocycles. The standard InChI is InChI=1S/C25H46N4O2/c1-10-13-15-19(12-3)23(31)28(16-14-11-2)18-22(30)26-21-17-20(24(4,5)6)27-29(21)25(7,8)9/h17,19H,10-16,18H2,1-9H3,(H,26,30). The minimum Gasteiger partial charge on any atom is -0.333 e. The van der Waals surface area contributed by atoms with Crippen LogP contribution >= 0.6 is 0 Å². The van der Waals surface area contributed by atoms with Crippen molar-refractivity contribution >= 4 is 17.6 Å². The second-order valence-electron chi connectivity index (χ2n) is 10.7. The topological polar surface area (TPSA) is 67.2 Å². The molecular formula is C25H46N4O2. The van der Waals surface area contributed by atoms with Gasteiger partial charge in [-0.05, 0) is 40.0 Å². The lowest BCUT2D eigenvalue weighted by molar-refractivity contribution is -0.138. The van der Waals surface area contributed by atoms with Crippen LogP contribution in [0.3, 0.4) is 0 Å². The van der Waals surface area contributed by atoms with Crippen LogP contribution in [0.4, 0.5) is 5.82 Å². The molecule has 0 fully saturated rings. The van der Waals surface area contributed by atoms with Crippen molar-refractivity contribution in [2.75, 3.05) is 18.4 Å². The Kier molecular flexibility index (Phi) is 10.2. The van der Waals surface area contributed by atoms with Crippen molar-refractivity contribution in [3.05, 3.63) is 11.8 Å². The molecule has 6 nitrogen and oxygen atoms in total. The van der Waals surface area contributed by atoms with Crippen molar-refractivity contribution in [1.82, 2.24) is 14.7 Å². The Morgan fingerprint density at radius 1 is 1.06 bits per heavy atom. The largest absolute Gasteiger partial charge is 0.333 e. The van der Waals surface area contributed by atoms with Gasteiger partial charge in [-0.25, -0.2) is 4.68 Å². The highest BCUT2D eigenvalue weighted by Crippen LogP contribution is 2.28. The molecule has 1 aromatic heterocycles. The third kappa shape index (κ3) is 8.30. The first kappa shape index (κ1) is 27.2. The number of carbonyl (C=O) groups excluding carboxylic acids is 2. The van der Waals surface area contributed by atoms with Gasteiger partial charge in [0.1, 0.15) is 5.82 Å². The average molecular weight is 435 g/mol. The number of rotatable bonds is 11. The molecule has 0 aliphatic heterocycles. The lowest BCUT2D eigenvalue weighted by Gasteiger charge is -2.27. The van der Waals surface area contributed by atoms with Gasteiger partial charge in [-0.1, -0.05) is 60.8 Å². The second-order valence-corrected chi connectivity index (χ2v) is 10.7. The van der Waals surface area contributed by atoms with Gasteiger partial charge in [-0.2, -0.15) is 5.10 Å². The van der Waals surface area contributed by atoms with E-state index in [1.54, 1.807) is 4.90 Å². The lowest BCUT2D eigenvalue weighted by Crippen LogP contribution is -2.42. The van der Waals surface area contributed by atoms with Crippen LogP contribution < -0.4 is 5.32 Å². The summed E-state index contributed by atoms with van der Waals surface area (Å²) >= 11 is 0.